The Balaban J connectivity index is 1.87. The molecular weight excluding hydrogens is 448 g/mol. The van der Waals surface area contributed by atoms with Crippen LogP contribution in [-0.2, 0) is 4.79 Å². The maximum atomic E-state index is 12.3. The summed E-state index contributed by atoms with van der Waals surface area (Å²) in [6.45, 7) is 2.07. The van der Waals surface area contributed by atoms with Gasteiger partial charge in [0.15, 0.2) is 5.17 Å². The van der Waals surface area contributed by atoms with Crippen LogP contribution in [0, 0.1) is 19.3 Å². The van der Waals surface area contributed by atoms with Gasteiger partial charge in [0.1, 0.15) is 12.4 Å². The summed E-state index contributed by atoms with van der Waals surface area (Å²) in [6, 6.07) is 11.0. The molecule has 0 radical (unpaired) electrons. The fourth-order valence-electron chi connectivity index (χ4n) is 2.27. The highest BCUT2D eigenvalue weighted by Crippen LogP contribution is 2.32. The number of aryl methyl sites for hydroxylation is 1. The summed E-state index contributed by atoms with van der Waals surface area (Å²) in [6.07, 6.45) is 7.01. The molecule has 0 aromatic heterocycles. The third-order valence-electron chi connectivity index (χ3n) is 3.61. The number of nitrogens with one attached hydrogen (secondary N) is 1. The Bertz CT molecular complexity index is 1010. The minimum Gasteiger partial charge on any atom is -0.480 e. The Morgan fingerprint density at radius 1 is 1.37 bits per heavy atom. The van der Waals surface area contributed by atoms with Crippen molar-refractivity contribution < 1.29 is 9.53 Å². The number of rotatable bonds is 4. The van der Waals surface area contributed by atoms with Crippen molar-refractivity contribution in [1.82, 2.24) is 5.32 Å². The lowest BCUT2D eigenvalue weighted by Gasteiger charge is -2.07. The van der Waals surface area contributed by atoms with Gasteiger partial charge in [0, 0.05) is 15.1 Å². The molecule has 4 nitrogen and oxygen atoms in total. The predicted octanol–water partition coefficient (Wildman–Crippen LogP) is 5.31. The van der Waals surface area contributed by atoms with Gasteiger partial charge < -0.3 is 10.1 Å². The standard InChI is InChI=1S/C20H14BrClN2O2S/c1-3-8-26-17-7-5-14(21)9-13(17)10-18-19(25)24-20(27-18)23-15-6-4-12(2)16(22)11-15/h1,4-7,9-11H,8H2,2H3,(H,23,24,25)/b18-10-. The van der Waals surface area contributed by atoms with Crippen molar-refractivity contribution in [2.24, 2.45) is 4.99 Å². The van der Waals surface area contributed by atoms with Crippen LogP contribution in [0.3, 0.4) is 0 Å². The first-order valence-corrected chi connectivity index (χ1v) is 9.86. The second-order valence-electron chi connectivity index (χ2n) is 5.59. The van der Waals surface area contributed by atoms with E-state index in [-0.39, 0.29) is 12.5 Å². The fourth-order valence-corrected chi connectivity index (χ4v) is 3.66. The van der Waals surface area contributed by atoms with Crippen molar-refractivity contribution in [3.63, 3.8) is 0 Å². The number of hydrogen-bond acceptors (Lipinski definition) is 4. The van der Waals surface area contributed by atoms with E-state index in [2.05, 4.69) is 32.2 Å². The van der Waals surface area contributed by atoms with Crippen LogP contribution in [0.15, 0.2) is 50.8 Å². The molecule has 0 atom stereocenters. The minimum atomic E-state index is -0.222. The molecule has 0 saturated carbocycles. The number of amides is 1. The van der Waals surface area contributed by atoms with Gasteiger partial charge in [-0.05, 0) is 60.7 Å². The van der Waals surface area contributed by atoms with E-state index in [1.807, 2.05) is 31.2 Å². The van der Waals surface area contributed by atoms with Crippen molar-refractivity contribution in [3.8, 4) is 18.1 Å². The summed E-state index contributed by atoms with van der Waals surface area (Å²) in [4.78, 5) is 17.3. The van der Waals surface area contributed by atoms with E-state index < -0.39 is 0 Å². The number of nitrogens with zero attached hydrogens (tertiary/aromatic N) is 1. The molecule has 0 spiro atoms. The molecule has 1 fully saturated rings. The van der Waals surface area contributed by atoms with Gasteiger partial charge in [-0.2, -0.15) is 0 Å². The van der Waals surface area contributed by atoms with Crippen LogP contribution >= 0.6 is 39.3 Å². The number of aliphatic imine (C=N–C) groups is 1. The zero-order valence-electron chi connectivity index (χ0n) is 14.3. The lowest BCUT2D eigenvalue weighted by atomic mass is 10.2. The third-order valence-corrected chi connectivity index (χ3v) is 5.42. The first-order chi connectivity index (χ1) is 13.0. The molecule has 3 rings (SSSR count). The normalized spacial score (nSPS) is 16.4. The van der Waals surface area contributed by atoms with E-state index in [0.29, 0.717) is 26.5 Å². The van der Waals surface area contributed by atoms with E-state index >= 15 is 0 Å². The second kappa shape index (κ2) is 8.66. The zero-order chi connectivity index (χ0) is 19.4. The van der Waals surface area contributed by atoms with Gasteiger partial charge in [-0.1, -0.05) is 39.5 Å². The van der Waals surface area contributed by atoms with Crippen molar-refractivity contribution >= 4 is 62.1 Å². The molecule has 1 aliphatic rings. The average molecular weight is 462 g/mol. The molecule has 1 aliphatic heterocycles. The largest absolute Gasteiger partial charge is 0.480 e. The summed E-state index contributed by atoms with van der Waals surface area (Å²) in [5.41, 5.74) is 2.39. The second-order valence-corrected chi connectivity index (χ2v) is 7.94. The number of halogens is 2. The predicted molar refractivity (Wildman–Crippen MR) is 115 cm³/mol. The summed E-state index contributed by atoms with van der Waals surface area (Å²) in [5.74, 6) is 2.82. The van der Waals surface area contributed by atoms with Gasteiger partial charge in [-0.25, -0.2) is 4.99 Å². The first kappa shape index (κ1) is 19.6. The van der Waals surface area contributed by atoms with Crippen LogP contribution < -0.4 is 10.1 Å². The maximum absolute atomic E-state index is 12.3. The molecule has 1 N–H and O–H groups in total. The summed E-state index contributed by atoms with van der Waals surface area (Å²) >= 11 is 10.8. The summed E-state index contributed by atoms with van der Waals surface area (Å²) in [5, 5.41) is 3.89. The smallest absolute Gasteiger partial charge is 0.264 e. The molecule has 2 aromatic rings. The van der Waals surface area contributed by atoms with E-state index in [1.54, 1.807) is 18.2 Å². The molecule has 2 aromatic carbocycles. The lowest BCUT2D eigenvalue weighted by molar-refractivity contribution is -0.115. The monoisotopic (exact) mass is 460 g/mol. The maximum Gasteiger partial charge on any atom is 0.264 e. The molecular formula is C20H14BrClN2O2S. The molecule has 27 heavy (non-hydrogen) atoms. The number of carbonyl (C=O) groups excluding carboxylic acids is 1. The van der Waals surface area contributed by atoms with Crippen molar-refractivity contribution in [2.75, 3.05) is 6.61 Å². The van der Waals surface area contributed by atoms with E-state index in [0.717, 1.165) is 15.6 Å². The number of thioether (sulfide) groups is 1. The SMILES string of the molecule is C#CCOc1ccc(Br)cc1/C=C1\SC(=Nc2ccc(C)c(Cl)c2)NC1=O. The van der Waals surface area contributed by atoms with Crippen molar-refractivity contribution in [3.05, 3.63) is 61.9 Å². The van der Waals surface area contributed by atoms with Crippen LogP contribution in [0.5, 0.6) is 5.75 Å². The third kappa shape index (κ3) is 4.95. The summed E-state index contributed by atoms with van der Waals surface area (Å²) < 4.78 is 6.42. The Kier molecular flexibility index (Phi) is 6.27. The molecule has 0 unspecified atom stereocenters. The summed E-state index contributed by atoms with van der Waals surface area (Å²) in [7, 11) is 0. The van der Waals surface area contributed by atoms with Gasteiger partial charge in [-0.3, -0.25) is 4.79 Å². The minimum absolute atomic E-state index is 0.151. The Hall–Kier alpha value is -2.20. The Morgan fingerprint density at radius 3 is 2.93 bits per heavy atom. The van der Waals surface area contributed by atoms with E-state index in [9.17, 15) is 4.79 Å². The van der Waals surface area contributed by atoms with Crippen LogP contribution in [-0.4, -0.2) is 17.7 Å². The Labute approximate surface area is 175 Å². The average Bonchev–Trinajstić information content (AvgIpc) is 2.96. The number of amidine groups is 1. The molecule has 1 heterocycles. The highest BCUT2D eigenvalue weighted by Gasteiger charge is 2.24. The van der Waals surface area contributed by atoms with Crippen LogP contribution in [0.1, 0.15) is 11.1 Å². The number of terminal acetylenes is 1. The van der Waals surface area contributed by atoms with Crippen LogP contribution in [0.25, 0.3) is 6.08 Å². The lowest BCUT2D eigenvalue weighted by Crippen LogP contribution is -2.19. The van der Waals surface area contributed by atoms with Gasteiger partial charge in [0.25, 0.3) is 5.91 Å². The highest BCUT2D eigenvalue weighted by atomic mass is 79.9. The highest BCUT2D eigenvalue weighted by molar-refractivity contribution is 9.10. The molecule has 7 heteroatoms. The van der Waals surface area contributed by atoms with E-state index in [1.165, 1.54) is 11.8 Å². The fraction of sp³-hybridized carbons (Fsp3) is 0.100. The van der Waals surface area contributed by atoms with Gasteiger partial charge >= 0.3 is 0 Å². The molecule has 136 valence electrons. The number of ether oxygens (including phenoxy) is 1. The molecule has 0 aliphatic carbocycles. The number of hydrogen-bond donors (Lipinski definition) is 1. The number of carbonyl (C=O) groups is 1. The van der Waals surface area contributed by atoms with Gasteiger partial charge in [0.2, 0.25) is 0 Å². The molecule has 0 bridgehead atoms. The van der Waals surface area contributed by atoms with Crippen LogP contribution in [0.2, 0.25) is 5.02 Å². The van der Waals surface area contributed by atoms with Crippen molar-refractivity contribution in [1.29, 1.82) is 0 Å². The topological polar surface area (TPSA) is 50.7 Å². The first-order valence-electron chi connectivity index (χ1n) is 7.88. The quantitative estimate of drug-likeness (QED) is 0.495. The van der Waals surface area contributed by atoms with Crippen molar-refractivity contribution in [2.45, 2.75) is 6.92 Å². The van der Waals surface area contributed by atoms with Gasteiger partial charge in [0.05, 0.1) is 10.6 Å². The Morgan fingerprint density at radius 2 is 2.19 bits per heavy atom. The zero-order valence-corrected chi connectivity index (χ0v) is 17.4. The number of benzene rings is 2. The van der Waals surface area contributed by atoms with Crippen LogP contribution in [0.4, 0.5) is 5.69 Å². The molecule has 1 saturated heterocycles. The molecule has 1 amide bonds. The van der Waals surface area contributed by atoms with Gasteiger partial charge in [-0.15, -0.1) is 6.42 Å². The van der Waals surface area contributed by atoms with E-state index in [4.69, 9.17) is 22.8 Å².